The van der Waals surface area contributed by atoms with E-state index in [1.165, 1.54) is 0 Å². The van der Waals surface area contributed by atoms with Gasteiger partial charge in [0.25, 0.3) is 10.0 Å². The van der Waals surface area contributed by atoms with Crippen molar-refractivity contribution in [2.45, 2.75) is 43.4 Å². The molecule has 0 unspecified atom stereocenters. The summed E-state index contributed by atoms with van der Waals surface area (Å²) in [4.78, 5) is 13.3. The van der Waals surface area contributed by atoms with Gasteiger partial charge in [-0.25, -0.2) is 9.63 Å². The predicted molar refractivity (Wildman–Crippen MR) is 107 cm³/mol. The number of amides is 1. The summed E-state index contributed by atoms with van der Waals surface area (Å²) in [7, 11) is -3.65. The molecule has 0 spiro atoms. The third kappa shape index (κ3) is 5.10. The van der Waals surface area contributed by atoms with Gasteiger partial charge in [0.2, 0.25) is 0 Å². The van der Waals surface area contributed by atoms with Crippen LogP contribution in [0.25, 0.3) is 0 Å². The van der Waals surface area contributed by atoms with E-state index in [-0.39, 0.29) is 4.90 Å². The van der Waals surface area contributed by atoms with E-state index in [0.29, 0.717) is 11.7 Å². The quantitative estimate of drug-likeness (QED) is 0.748. The van der Waals surface area contributed by atoms with Gasteiger partial charge in [-0.1, -0.05) is 29.8 Å². The molecule has 1 aliphatic rings. The Morgan fingerprint density at radius 1 is 1.07 bits per heavy atom. The van der Waals surface area contributed by atoms with Gasteiger partial charge < -0.3 is 10.5 Å². The largest absolute Gasteiger partial charge is 0.411 e. The van der Waals surface area contributed by atoms with Crippen LogP contribution in [0, 0.1) is 6.92 Å². The van der Waals surface area contributed by atoms with Gasteiger partial charge in [-0.15, -0.1) is 0 Å². The fraction of sp³-hybridized carbons (Fsp3) is 0.300. The monoisotopic (exact) mass is 401 g/mol. The van der Waals surface area contributed by atoms with E-state index in [9.17, 15) is 13.2 Å². The van der Waals surface area contributed by atoms with Gasteiger partial charge in [0.1, 0.15) is 5.75 Å². The molecule has 0 atom stereocenters. The van der Waals surface area contributed by atoms with Crippen LogP contribution in [0.5, 0.6) is 5.75 Å². The number of ether oxygens (including phenoxy) is 1. The third-order valence-electron chi connectivity index (χ3n) is 4.79. The van der Waals surface area contributed by atoms with Gasteiger partial charge in [-0.3, -0.25) is 0 Å². The summed E-state index contributed by atoms with van der Waals surface area (Å²) < 4.78 is 29.5. The molecular weight excluding hydrogens is 378 g/mol. The summed E-state index contributed by atoms with van der Waals surface area (Å²) in [5.74, 6) is 0.773. The Morgan fingerprint density at radius 3 is 2.25 bits per heavy atom. The van der Waals surface area contributed by atoms with Crippen LogP contribution in [-0.4, -0.2) is 20.2 Å². The molecule has 1 aliphatic carbocycles. The number of benzene rings is 2. The summed E-state index contributed by atoms with van der Waals surface area (Å²) >= 11 is 0. The number of hydrogen-bond acceptors (Lipinski definition) is 5. The molecule has 0 aromatic heterocycles. The molecule has 3 rings (SSSR count). The van der Waals surface area contributed by atoms with Crippen molar-refractivity contribution in [2.24, 2.45) is 10.8 Å². The van der Waals surface area contributed by atoms with Crippen molar-refractivity contribution in [3.63, 3.8) is 0 Å². The molecule has 0 bridgehead atoms. The number of hydrazone groups is 1. The van der Waals surface area contributed by atoms with Crippen LogP contribution >= 0.6 is 0 Å². The van der Waals surface area contributed by atoms with Crippen LogP contribution in [0.15, 0.2) is 58.5 Å². The Labute approximate surface area is 164 Å². The normalized spacial score (nSPS) is 17.0. The zero-order valence-corrected chi connectivity index (χ0v) is 16.4. The molecule has 3 N–H and O–H groups in total. The summed E-state index contributed by atoms with van der Waals surface area (Å²) in [6.45, 7) is 1.90. The molecule has 0 aliphatic heterocycles. The molecule has 0 saturated heterocycles. The molecule has 1 fully saturated rings. The van der Waals surface area contributed by atoms with Crippen molar-refractivity contribution in [1.82, 2.24) is 4.83 Å². The number of rotatable bonds is 5. The molecule has 148 valence electrons. The number of aryl methyl sites for hydroxylation is 1. The average molecular weight is 401 g/mol. The van der Waals surface area contributed by atoms with Crippen molar-refractivity contribution in [3.05, 3.63) is 59.7 Å². The van der Waals surface area contributed by atoms with E-state index in [0.717, 1.165) is 42.5 Å². The van der Waals surface area contributed by atoms with Gasteiger partial charge in [0.05, 0.1) is 4.90 Å². The Kier molecular flexibility index (Phi) is 5.99. The standard InChI is InChI=1S/C20H23N3O4S/c1-14-2-12-19(13-3-14)28(25,26)23-22-17-8-4-15(5-9-17)16-6-10-18(11-7-16)27-20(21)24/h2-3,6-7,10-13,15,23H,4-5,8-9H2,1H3,(H2,21,24). The molecular formula is C20H23N3O4S. The molecule has 0 heterocycles. The van der Waals surface area contributed by atoms with Gasteiger partial charge in [-0.2, -0.15) is 13.5 Å². The first-order chi connectivity index (χ1) is 13.3. The first kappa shape index (κ1) is 19.9. The minimum absolute atomic E-state index is 0.203. The predicted octanol–water partition coefficient (Wildman–Crippen LogP) is 3.44. The molecule has 2 aromatic rings. The van der Waals surface area contributed by atoms with E-state index < -0.39 is 16.1 Å². The second-order valence-electron chi connectivity index (χ2n) is 6.85. The highest BCUT2D eigenvalue weighted by molar-refractivity contribution is 7.89. The number of sulfonamides is 1. The number of carbonyl (C=O) groups is 1. The van der Waals surface area contributed by atoms with Crippen LogP contribution in [-0.2, 0) is 10.0 Å². The van der Waals surface area contributed by atoms with Crippen molar-refractivity contribution in [1.29, 1.82) is 0 Å². The number of primary amides is 1. The fourth-order valence-corrected chi connectivity index (χ4v) is 4.06. The maximum Gasteiger partial charge on any atom is 0.409 e. The summed E-state index contributed by atoms with van der Waals surface area (Å²) in [6.07, 6.45) is 2.36. The molecule has 1 amide bonds. The zero-order valence-electron chi connectivity index (χ0n) is 15.6. The maximum atomic E-state index is 12.3. The Balaban J connectivity index is 1.57. The van der Waals surface area contributed by atoms with Crippen molar-refractivity contribution in [2.75, 3.05) is 0 Å². The topological polar surface area (TPSA) is 111 Å². The second-order valence-corrected chi connectivity index (χ2v) is 8.51. The number of carbonyl (C=O) groups excluding carboxylic acids is 1. The van der Waals surface area contributed by atoms with E-state index in [1.807, 2.05) is 19.1 Å². The Bertz CT molecular complexity index is 958. The van der Waals surface area contributed by atoms with E-state index in [4.69, 9.17) is 10.5 Å². The van der Waals surface area contributed by atoms with Crippen LogP contribution in [0.4, 0.5) is 4.79 Å². The van der Waals surface area contributed by atoms with Gasteiger partial charge in [0, 0.05) is 5.71 Å². The second kappa shape index (κ2) is 8.43. The lowest BCUT2D eigenvalue weighted by atomic mass is 9.83. The van der Waals surface area contributed by atoms with Gasteiger partial charge >= 0.3 is 6.09 Å². The highest BCUT2D eigenvalue weighted by Crippen LogP contribution is 2.32. The van der Waals surface area contributed by atoms with E-state index in [2.05, 4.69) is 9.93 Å². The van der Waals surface area contributed by atoms with Crippen LogP contribution in [0.1, 0.15) is 42.7 Å². The first-order valence-corrected chi connectivity index (χ1v) is 10.5. The third-order valence-corrected chi connectivity index (χ3v) is 6.01. The summed E-state index contributed by atoms with van der Waals surface area (Å²) in [6, 6.07) is 13.9. The van der Waals surface area contributed by atoms with Crippen molar-refractivity contribution in [3.8, 4) is 5.75 Å². The summed E-state index contributed by atoms with van der Waals surface area (Å²) in [5, 5.41) is 4.14. The van der Waals surface area contributed by atoms with Crippen LogP contribution in [0.3, 0.4) is 0 Å². The van der Waals surface area contributed by atoms with Crippen LogP contribution < -0.4 is 15.3 Å². The molecule has 8 heteroatoms. The minimum atomic E-state index is -3.65. The fourth-order valence-electron chi connectivity index (χ4n) is 3.22. The van der Waals surface area contributed by atoms with Gasteiger partial charge in [-0.05, 0) is 68.4 Å². The number of nitrogens with zero attached hydrogens (tertiary/aromatic N) is 1. The SMILES string of the molecule is Cc1ccc(S(=O)(=O)NN=C2CCC(c3ccc(OC(N)=O)cc3)CC2)cc1. The molecule has 7 nitrogen and oxygen atoms in total. The molecule has 28 heavy (non-hydrogen) atoms. The highest BCUT2D eigenvalue weighted by atomic mass is 32.2. The minimum Gasteiger partial charge on any atom is -0.411 e. The number of nitrogens with one attached hydrogen (secondary N) is 1. The van der Waals surface area contributed by atoms with Crippen LogP contribution in [0.2, 0.25) is 0 Å². The highest BCUT2D eigenvalue weighted by Gasteiger charge is 2.20. The average Bonchev–Trinajstić information content (AvgIpc) is 2.67. The van der Waals surface area contributed by atoms with Crippen molar-refractivity contribution >= 4 is 21.8 Å². The van der Waals surface area contributed by atoms with E-state index >= 15 is 0 Å². The lowest BCUT2D eigenvalue weighted by Gasteiger charge is -2.23. The molecule has 2 aromatic carbocycles. The smallest absolute Gasteiger partial charge is 0.409 e. The lowest BCUT2D eigenvalue weighted by Crippen LogP contribution is -2.22. The number of hydrogen-bond donors (Lipinski definition) is 2. The van der Waals surface area contributed by atoms with E-state index in [1.54, 1.807) is 36.4 Å². The van der Waals surface area contributed by atoms with Gasteiger partial charge in [0.15, 0.2) is 0 Å². The summed E-state index contributed by atoms with van der Waals surface area (Å²) in [5.41, 5.74) is 8.00. The molecule has 1 saturated carbocycles. The lowest BCUT2D eigenvalue weighted by molar-refractivity contribution is 0.211. The Hall–Kier alpha value is -2.87. The first-order valence-electron chi connectivity index (χ1n) is 9.04. The molecule has 0 radical (unpaired) electrons. The number of nitrogens with two attached hydrogens (primary N) is 1. The Morgan fingerprint density at radius 2 is 1.68 bits per heavy atom. The van der Waals surface area contributed by atoms with Crippen molar-refractivity contribution < 1.29 is 17.9 Å². The maximum absolute atomic E-state index is 12.3. The zero-order chi connectivity index (χ0) is 20.1.